The van der Waals surface area contributed by atoms with Crippen LogP contribution in [0.2, 0.25) is 0 Å². The lowest BCUT2D eigenvalue weighted by Gasteiger charge is -2.21. The van der Waals surface area contributed by atoms with Crippen molar-refractivity contribution in [3.8, 4) is 0 Å². The predicted molar refractivity (Wildman–Crippen MR) is 59.5 cm³/mol. The normalized spacial score (nSPS) is 10.3. The van der Waals surface area contributed by atoms with Gasteiger partial charge in [-0.1, -0.05) is 6.92 Å². The third-order valence-corrected chi connectivity index (χ3v) is 2.09. The van der Waals surface area contributed by atoms with Crippen molar-refractivity contribution in [1.82, 2.24) is 9.97 Å². The molecule has 0 aromatic carbocycles. The van der Waals surface area contributed by atoms with E-state index in [2.05, 4.69) is 16.9 Å². The van der Waals surface area contributed by atoms with Crippen molar-refractivity contribution < 1.29 is 5.11 Å². The van der Waals surface area contributed by atoms with E-state index in [0.717, 1.165) is 24.5 Å². The molecule has 0 spiro atoms. The Morgan fingerprint density at radius 3 is 2.60 bits per heavy atom. The Balaban J connectivity index is 2.72. The van der Waals surface area contributed by atoms with Gasteiger partial charge >= 0.3 is 0 Å². The fraction of sp³-hybridized carbons (Fsp3) is 0.600. The van der Waals surface area contributed by atoms with Crippen molar-refractivity contribution in [2.24, 2.45) is 5.73 Å². The summed E-state index contributed by atoms with van der Waals surface area (Å²) in [6, 6.07) is 0. The van der Waals surface area contributed by atoms with Crippen molar-refractivity contribution in [2.75, 3.05) is 24.6 Å². The third-order valence-electron chi connectivity index (χ3n) is 2.09. The topological polar surface area (TPSA) is 75.3 Å². The maximum atomic E-state index is 8.92. The molecule has 1 heterocycles. The second kappa shape index (κ2) is 6.31. The molecule has 3 N–H and O–H groups in total. The molecule has 1 rings (SSSR count). The van der Waals surface area contributed by atoms with Crippen LogP contribution in [0.3, 0.4) is 0 Å². The number of hydrogen-bond acceptors (Lipinski definition) is 5. The molecule has 84 valence electrons. The SMILES string of the molecule is CCCN(CCO)c1cnc(CN)cn1. The van der Waals surface area contributed by atoms with E-state index in [1.165, 1.54) is 0 Å². The minimum atomic E-state index is 0.125. The lowest BCUT2D eigenvalue weighted by molar-refractivity contribution is 0.301. The monoisotopic (exact) mass is 210 g/mol. The number of hydrogen-bond donors (Lipinski definition) is 2. The van der Waals surface area contributed by atoms with Crippen LogP contribution >= 0.6 is 0 Å². The van der Waals surface area contributed by atoms with E-state index in [4.69, 9.17) is 10.8 Å². The fourth-order valence-corrected chi connectivity index (χ4v) is 1.35. The molecule has 15 heavy (non-hydrogen) atoms. The Hall–Kier alpha value is -1.20. The average molecular weight is 210 g/mol. The van der Waals surface area contributed by atoms with Gasteiger partial charge in [0.25, 0.3) is 0 Å². The Kier molecular flexibility index (Phi) is 5.00. The summed E-state index contributed by atoms with van der Waals surface area (Å²) in [5.74, 6) is 0.795. The maximum absolute atomic E-state index is 8.92. The van der Waals surface area contributed by atoms with Gasteiger partial charge in [-0.05, 0) is 6.42 Å². The van der Waals surface area contributed by atoms with Gasteiger partial charge in [-0.2, -0.15) is 0 Å². The van der Waals surface area contributed by atoms with Crippen LogP contribution in [0.5, 0.6) is 0 Å². The van der Waals surface area contributed by atoms with Crippen LogP contribution in [0.15, 0.2) is 12.4 Å². The van der Waals surface area contributed by atoms with Gasteiger partial charge in [-0.3, -0.25) is 4.98 Å². The van der Waals surface area contributed by atoms with Crippen molar-refractivity contribution in [2.45, 2.75) is 19.9 Å². The van der Waals surface area contributed by atoms with Crippen LogP contribution in [0.1, 0.15) is 19.0 Å². The van der Waals surface area contributed by atoms with Gasteiger partial charge in [0, 0.05) is 19.6 Å². The van der Waals surface area contributed by atoms with E-state index in [0.29, 0.717) is 13.1 Å². The highest BCUT2D eigenvalue weighted by Gasteiger charge is 2.06. The lowest BCUT2D eigenvalue weighted by atomic mass is 10.4. The first-order chi connectivity index (χ1) is 7.31. The number of nitrogens with two attached hydrogens (primary N) is 1. The van der Waals surface area contributed by atoms with E-state index in [-0.39, 0.29) is 6.61 Å². The molecule has 0 atom stereocenters. The summed E-state index contributed by atoms with van der Waals surface area (Å²) in [6.07, 6.45) is 4.39. The highest BCUT2D eigenvalue weighted by Crippen LogP contribution is 2.08. The Labute approximate surface area is 90.0 Å². The highest BCUT2D eigenvalue weighted by molar-refractivity contribution is 5.35. The number of aliphatic hydroxyl groups is 1. The highest BCUT2D eigenvalue weighted by atomic mass is 16.3. The third kappa shape index (κ3) is 3.45. The molecule has 0 radical (unpaired) electrons. The standard InChI is InChI=1S/C10H18N4O/c1-2-3-14(4-5-15)10-8-12-9(6-11)7-13-10/h7-8,15H,2-6,11H2,1H3. The quantitative estimate of drug-likeness (QED) is 0.698. The van der Waals surface area contributed by atoms with Crippen LogP contribution in [0.25, 0.3) is 0 Å². The van der Waals surface area contributed by atoms with Crippen molar-refractivity contribution in [1.29, 1.82) is 0 Å². The van der Waals surface area contributed by atoms with Crippen LogP contribution in [0.4, 0.5) is 5.82 Å². The van der Waals surface area contributed by atoms with Crippen LogP contribution in [-0.4, -0.2) is 34.8 Å². The number of aromatic nitrogens is 2. The van der Waals surface area contributed by atoms with Gasteiger partial charge in [0.15, 0.2) is 0 Å². The first-order valence-corrected chi connectivity index (χ1v) is 5.18. The second-order valence-electron chi connectivity index (χ2n) is 3.28. The average Bonchev–Trinajstić information content (AvgIpc) is 2.29. The van der Waals surface area contributed by atoms with Crippen LogP contribution in [-0.2, 0) is 6.54 Å². The van der Waals surface area contributed by atoms with E-state index < -0.39 is 0 Å². The zero-order valence-electron chi connectivity index (χ0n) is 9.06. The summed E-state index contributed by atoms with van der Waals surface area (Å²) in [5.41, 5.74) is 6.21. The maximum Gasteiger partial charge on any atom is 0.147 e. The second-order valence-corrected chi connectivity index (χ2v) is 3.28. The van der Waals surface area contributed by atoms with Crippen molar-refractivity contribution in [3.63, 3.8) is 0 Å². The smallest absolute Gasteiger partial charge is 0.147 e. The summed E-state index contributed by atoms with van der Waals surface area (Å²) in [7, 11) is 0. The molecule has 0 aliphatic carbocycles. The molecule has 0 saturated heterocycles. The van der Waals surface area contributed by atoms with Gasteiger partial charge in [0.05, 0.1) is 24.7 Å². The summed E-state index contributed by atoms with van der Waals surface area (Å²) in [4.78, 5) is 10.4. The van der Waals surface area contributed by atoms with Crippen molar-refractivity contribution in [3.05, 3.63) is 18.1 Å². The van der Waals surface area contributed by atoms with E-state index >= 15 is 0 Å². The summed E-state index contributed by atoms with van der Waals surface area (Å²) < 4.78 is 0. The molecular formula is C10H18N4O. The van der Waals surface area contributed by atoms with E-state index in [1.54, 1.807) is 12.4 Å². The Morgan fingerprint density at radius 2 is 2.13 bits per heavy atom. The molecule has 0 aliphatic heterocycles. The number of rotatable bonds is 6. The fourth-order valence-electron chi connectivity index (χ4n) is 1.35. The van der Waals surface area contributed by atoms with Gasteiger partial charge < -0.3 is 15.7 Å². The number of anilines is 1. The molecule has 1 aromatic heterocycles. The van der Waals surface area contributed by atoms with Gasteiger partial charge in [-0.25, -0.2) is 4.98 Å². The first-order valence-electron chi connectivity index (χ1n) is 5.18. The van der Waals surface area contributed by atoms with E-state index in [1.807, 2.05) is 4.90 Å². The molecule has 1 aromatic rings. The molecule has 0 saturated carbocycles. The largest absolute Gasteiger partial charge is 0.395 e. The lowest BCUT2D eigenvalue weighted by Crippen LogP contribution is -2.28. The van der Waals surface area contributed by atoms with Crippen molar-refractivity contribution >= 4 is 5.82 Å². The minimum absolute atomic E-state index is 0.125. The molecule has 0 unspecified atom stereocenters. The van der Waals surface area contributed by atoms with Crippen LogP contribution in [0, 0.1) is 0 Å². The number of aliphatic hydroxyl groups excluding tert-OH is 1. The van der Waals surface area contributed by atoms with Gasteiger partial charge in [0.1, 0.15) is 5.82 Å². The molecule has 5 nitrogen and oxygen atoms in total. The zero-order chi connectivity index (χ0) is 11.1. The predicted octanol–water partition coefficient (Wildman–Crippen LogP) is 0.144. The van der Waals surface area contributed by atoms with Crippen LogP contribution < -0.4 is 10.6 Å². The summed E-state index contributed by atoms with van der Waals surface area (Å²) in [6.45, 7) is 4.08. The zero-order valence-corrected chi connectivity index (χ0v) is 9.06. The molecule has 0 amide bonds. The minimum Gasteiger partial charge on any atom is -0.395 e. The number of nitrogens with zero attached hydrogens (tertiary/aromatic N) is 3. The Bertz CT molecular complexity index is 269. The van der Waals surface area contributed by atoms with Gasteiger partial charge in [-0.15, -0.1) is 0 Å². The van der Waals surface area contributed by atoms with E-state index in [9.17, 15) is 0 Å². The molecular weight excluding hydrogens is 192 g/mol. The molecule has 5 heteroatoms. The summed E-state index contributed by atoms with van der Waals surface area (Å²) in [5, 5.41) is 8.92. The van der Waals surface area contributed by atoms with Gasteiger partial charge in [0.2, 0.25) is 0 Å². The molecule has 0 aliphatic rings. The molecule has 0 fully saturated rings. The molecule has 0 bridgehead atoms. The Morgan fingerprint density at radius 1 is 1.33 bits per heavy atom. The summed E-state index contributed by atoms with van der Waals surface area (Å²) >= 11 is 0. The first kappa shape index (κ1) is 11.9.